The van der Waals surface area contributed by atoms with Crippen molar-refractivity contribution in [1.82, 2.24) is 0 Å². The highest BCUT2D eigenvalue weighted by Gasteiger charge is 2.10. The van der Waals surface area contributed by atoms with Crippen LogP contribution in [0.5, 0.6) is 11.5 Å². The van der Waals surface area contributed by atoms with Gasteiger partial charge in [-0.2, -0.15) is 0 Å². The second-order valence-electron chi connectivity index (χ2n) is 6.73. The summed E-state index contributed by atoms with van der Waals surface area (Å²) in [4.78, 5) is 12.1. The molecule has 0 saturated carbocycles. The highest BCUT2D eigenvalue weighted by Crippen LogP contribution is 2.29. The number of halogens is 1. The Hall–Kier alpha value is -3.18. The number of carbonyl (C=O) groups is 1. The van der Waals surface area contributed by atoms with Gasteiger partial charge in [-0.05, 0) is 61.4 Å². The molecule has 3 rings (SSSR count). The molecule has 156 valence electrons. The van der Waals surface area contributed by atoms with Crippen molar-refractivity contribution in [3.63, 3.8) is 0 Å². The van der Waals surface area contributed by atoms with Gasteiger partial charge >= 0.3 is 0 Å². The lowest BCUT2D eigenvalue weighted by Crippen LogP contribution is -2.20. The largest absolute Gasteiger partial charge is 0.490 e. The van der Waals surface area contributed by atoms with Gasteiger partial charge in [-0.25, -0.2) is 0 Å². The van der Waals surface area contributed by atoms with E-state index in [9.17, 15) is 4.79 Å². The third kappa shape index (κ3) is 6.16. The molecular formula is C24H25ClN2O3. The topological polar surface area (TPSA) is 59.6 Å². The molecule has 0 heterocycles. The normalized spacial score (nSPS) is 10.4. The molecule has 5 nitrogen and oxygen atoms in total. The van der Waals surface area contributed by atoms with Gasteiger partial charge < -0.3 is 20.1 Å². The Balaban J connectivity index is 1.61. The number of aryl methyl sites for hydroxylation is 1. The van der Waals surface area contributed by atoms with E-state index >= 15 is 0 Å². The van der Waals surface area contributed by atoms with Crippen molar-refractivity contribution in [3.05, 3.63) is 82.9 Å². The van der Waals surface area contributed by atoms with E-state index in [0.717, 1.165) is 27.5 Å². The molecule has 0 aliphatic carbocycles. The number of hydrogen-bond acceptors (Lipinski definition) is 4. The lowest BCUT2D eigenvalue weighted by molar-refractivity contribution is -0.118. The van der Waals surface area contributed by atoms with Crippen LogP contribution in [0.1, 0.15) is 18.1 Å². The Kier molecular flexibility index (Phi) is 7.57. The predicted molar refractivity (Wildman–Crippen MR) is 122 cm³/mol. The van der Waals surface area contributed by atoms with Crippen molar-refractivity contribution in [1.29, 1.82) is 0 Å². The average molecular weight is 425 g/mol. The van der Waals surface area contributed by atoms with Crippen LogP contribution in [0.2, 0.25) is 5.02 Å². The van der Waals surface area contributed by atoms with E-state index in [-0.39, 0.29) is 12.5 Å². The van der Waals surface area contributed by atoms with E-state index in [1.807, 2.05) is 80.6 Å². The Morgan fingerprint density at radius 1 is 0.933 bits per heavy atom. The SMILES string of the molecule is CCOc1cc(CNc2ccc(C)c(Cl)c2)ccc1OCC(=O)Nc1ccccc1. The van der Waals surface area contributed by atoms with Crippen LogP contribution >= 0.6 is 11.6 Å². The van der Waals surface area contributed by atoms with E-state index < -0.39 is 0 Å². The molecule has 3 aromatic carbocycles. The van der Waals surface area contributed by atoms with Gasteiger partial charge in [-0.15, -0.1) is 0 Å². The first-order valence-electron chi connectivity index (χ1n) is 9.78. The summed E-state index contributed by atoms with van der Waals surface area (Å²) in [5.41, 5.74) is 3.74. The molecular weight excluding hydrogens is 400 g/mol. The van der Waals surface area contributed by atoms with Crippen molar-refractivity contribution >= 4 is 28.9 Å². The maximum absolute atomic E-state index is 12.1. The molecule has 0 unspecified atom stereocenters. The van der Waals surface area contributed by atoms with Gasteiger partial charge in [0.2, 0.25) is 0 Å². The molecule has 0 spiro atoms. The third-order valence-corrected chi connectivity index (χ3v) is 4.80. The summed E-state index contributed by atoms with van der Waals surface area (Å²) < 4.78 is 11.4. The smallest absolute Gasteiger partial charge is 0.262 e. The van der Waals surface area contributed by atoms with Crippen LogP contribution in [0.4, 0.5) is 11.4 Å². The number of amides is 1. The highest BCUT2D eigenvalue weighted by molar-refractivity contribution is 6.31. The second kappa shape index (κ2) is 10.6. The number of ether oxygens (including phenoxy) is 2. The zero-order valence-corrected chi connectivity index (χ0v) is 17.8. The fourth-order valence-electron chi connectivity index (χ4n) is 2.82. The number of para-hydroxylation sites is 1. The zero-order valence-electron chi connectivity index (χ0n) is 17.1. The van der Waals surface area contributed by atoms with E-state index in [1.165, 1.54) is 0 Å². The summed E-state index contributed by atoms with van der Waals surface area (Å²) in [6, 6.07) is 20.8. The Morgan fingerprint density at radius 2 is 1.73 bits per heavy atom. The van der Waals surface area contributed by atoms with Crippen LogP contribution in [-0.2, 0) is 11.3 Å². The Labute approximate surface area is 182 Å². The van der Waals surface area contributed by atoms with Gasteiger partial charge in [-0.1, -0.05) is 41.9 Å². The number of carbonyl (C=O) groups excluding carboxylic acids is 1. The zero-order chi connectivity index (χ0) is 21.3. The molecule has 0 atom stereocenters. The van der Waals surface area contributed by atoms with Gasteiger partial charge in [0.05, 0.1) is 6.61 Å². The van der Waals surface area contributed by atoms with E-state index in [2.05, 4.69) is 10.6 Å². The maximum Gasteiger partial charge on any atom is 0.262 e. The lowest BCUT2D eigenvalue weighted by atomic mass is 10.2. The molecule has 0 aromatic heterocycles. The summed E-state index contributed by atoms with van der Waals surface area (Å²) in [5, 5.41) is 6.88. The Bertz CT molecular complexity index is 993. The third-order valence-electron chi connectivity index (χ3n) is 4.39. The minimum absolute atomic E-state index is 0.103. The van der Waals surface area contributed by atoms with Crippen molar-refractivity contribution in [2.75, 3.05) is 23.8 Å². The number of hydrogen-bond donors (Lipinski definition) is 2. The quantitative estimate of drug-likeness (QED) is 0.464. The second-order valence-corrected chi connectivity index (χ2v) is 7.14. The minimum Gasteiger partial charge on any atom is -0.490 e. The fraction of sp³-hybridized carbons (Fsp3) is 0.208. The molecule has 0 aliphatic rings. The van der Waals surface area contributed by atoms with Crippen LogP contribution in [0.25, 0.3) is 0 Å². The van der Waals surface area contributed by atoms with Gasteiger partial charge in [0.25, 0.3) is 5.91 Å². The predicted octanol–water partition coefficient (Wildman–Crippen LogP) is 5.68. The van der Waals surface area contributed by atoms with Crippen LogP contribution in [0.15, 0.2) is 66.7 Å². The molecule has 2 N–H and O–H groups in total. The van der Waals surface area contributed by atoms with E-state index in [0.29, 0.717) is 24.7 Å². The van der Waals surface area contributed by atoms with Crippen LogP contribution < -0.4 is 20.1 Å². The van der Waals surface area contributed by atoms with Gasteiger partial charge in [0.15, 0.2) is 18.1 Å². The first kappa shape index (κ1) is 21.5. The molecule has 0 saturated heterocycles. The first-order chi connectivity index (χ1) is 14.5. The molecule has 1 amide bonds. The summed E-state index contributed by atoms with van der Waals surface area (Å²) in [5.74, 6) is 0.902. The molecule has 0 fully saturated rings. The minimum atomic E-state index is -0.231. The number of benzene rings is 3. The number of rotatable bonds is 9. The lowest BCUT2D eigenvalue weighted by Gasteiger charge is -2.14. The Morgan fingerprint density at radius 3 is 2.47 bits per heavy atom. The summed E-state index contributed by atoms with van der Waals surface area (Å²) in [7, 11) is 0. The van der Waals surface area contributed by atoms with Crippen molar-refractivity contribution in [3.8, 4) is 11.5 Å². The van der Waals surface area contributed by atoms with Crippen molar-refractivity contribution < 1.29 is 14.3 Å². The molecule has 6 heteroatoms. The monoisotopic (exact) mass is 424 g/mol. The van der Waals surface area contributed by atoms with Crippen LogP contribution in [0, 0.1) is 6.92 Å². The number of nitrogens with one attached hydrogen (secondary N) is 2. The van der Waals surface area contributed by atoms with Crippen LogP contribution in [0.3, 0.4) is 0 Å². The maximum atomic E-state index is 12.1. The van der Waals surface area contributed by atoms with Crippen molar-refractivity contribution in [2.24, 2.45) is 0 Å². The summed E-state index contributed by atoms with van der Waals surface area (Å²) in [6.45, 7) is 4.88. The van der Waals surface area contributed by atoms with Gasteiger partial charge in [-0.3, -0.25) is 4.79 Å². The molecule has 0 radical (unpaired) electrons. The van der Waals surface area contributed by atoms with Crippen LogP contribution in [-0.4, -0.2) is 19.1 Å². The molecule has 0 bridgehead atoms. The average Bonchev–Trinajstić information content (AvgIpc) is 2.75. The van der Waals surface area contributed by atoms with E-state index in [1.54, 1.807) is 0 Å². The molecule has 3 aromatic rings. The molecule has 30 heavy (non-hydrogen) atoms. The van der Waals surface area contributed by atoms with E-state index in [4.69, 9.17) is 21.1 Å². The highest BCUT2D eigenvalue weighted by atomic mass is 35.5. The standard InChI is InChI=1S/C24H25ClN2O3/c1-3-29-23-13-18(15-26-20-11-9-17(2)21(25)14-20)10-12-22(23)30-16-24(28)27-19-7-5-4-6-8-19/h4-14,26H,3,15-16H2,1-2H3,(H,27,28). The first-order valence-corrected chi connectivity index (χ1v) is 10.2. The molecule has 0 aliphatic heterocycles. The number of anilines is 2. The van der Waals surface area contributed by atoms with Gasteiger partial charge in [0.1, 0.15) is 0 Å². The fourth-order valence-corrected chi connectivity index (χ4v) is 3.00. The summed E-state index contributed by atoms with van der Waals surface area (Å²) in [6.07, 6.45) is 0. The summed E-state index contributed by atoms with van der Waals surface area (Å²) >= 11 is 6.18. The van der Waals surface area contributed by atoms with Crippen molar-refractivity contribution in [2.45, 2.75) is 20.4 Å². The van der Waals surface area contributed by atoms with Gasteiger partial charge in [0, 0.05) is 22.9 Å².